The summed E-state index contributed by atoms with van der Waals surface area (Å²) >= 11 is 0. The maximum Gasteiger partial charge on any atom is 0.311 e. The predicted octanol–water partition coefficient (Wildman–Crippen LogP) is 2.34. The second kappa shape index (κ2) is 6.77. The van der Waals surface area contributed by atoms with Crippen LogP contribution in [0.3, 0.4) is 0 Å². The molecular formula is C16H27NO4. The van der Waals surface area contributed by atoms with Crippen LogP contribution in [0.1, 0.15) is 58.8 Å². The minimum atomic E-state index is -0.818. The van der Waals surface area contributed by atoms with Crippen LogP contribution in [0.15, 0.2) is 0 Å². The van der Waals surface area contributed by atoms with Gasteiger partial charge in [-0.05, 0) is 45.4 Å². The highest BCUT2D eigenvalue weighted by Gasteiger charge is 2.44. The Hall–Kier alpha value is -1.10. The van der Waals surface area contributed by atoms with E-state index in [0.717, 1.165) is 38.7 Å². The molecule has 2 fully saturated rings. The number of aliphatic carboxylic acids is 1. The van der Waals surface area contributed by atoms with Gasteiger partial charge in [-0.3, -0.25) is 9.59 Å². The molecule has 0 aliphatic heterocycles. The predicted molar refractivity (Wildman–Crippen MR) is 78.9 cm³/mol. The fourth-order valence-corrected chi connectivity index (χ4v) is 3.55. The summed E-state index contributed by atoms with van der Waals surface area (Å²) in [7, 11) is 0. The summed E-state index contributed by atoms with van der Waals surface area (Å²) in [6.45, 7) is 4.46. The maximum absolute atomic E-state index is 12.1. The molecule has 2 unspecified atom stereocenters. The lowest BCUT2D eigenvalue weighted by Crippen LogP contribution is -2.52. The number of hydrogen-bond donors (Lipinski definition) is 2. The molecule has 5 heteroatoms. The molecule has 2 aliphatic rings. The zero-order valence-electron chi connectivity index (χ0n) is 13.1. The topological polar surface area (TPSA) is 75.6 Å². The van der Waals surface area contributed by atoms with Gasteiger partial charge >= 0.3 is 5.97 Å². The number of carboxylic acid groups (broad SMARTS) is 1. The molecule has 21 heavy (non-hydrogen) atoms. The number of carbonyl (C=O) groups excluding carboxylic acids is 1. The average molecular weight is 297 g/mol. The first-order valence-electron chi connectivity index (χ1n) is 8.10. The summed E-state index contributed by atoms with van der Waals surface area (Å²) in [6, 6.07) is -0.237. The number of amides is 1. The van der Waals surface area contributed by atoms with E-state index in [1.165, 1.54) is 0 Å². The molecule has 0 radical (unpaired) electrons. The Kier molecular flexibility index (Phi) is 5.25. The normalized spacial score (nSPS) is 35.8. The molecule has 0 aromatic heterocycles. The van der Waals surface area contributed by atoms with Crippen LogP contribution in [0.2, 0.25) is 0 Å². The molecular weight excluding hydrogens is 270 g/mol. The third-order valence-electron chi connectivity index (χ3n) is 5.10. The lowest BCUT2D eigenvalue weighted by molar-refractivity contribution is -0.152. The van der Waals surface area contributed by atoms with Crippen LogP contribution in [0.25, 0.3) is 0 Å². The Bertz CT molecular complexity index is 392. The smallest absolute Gasteiger partial charge is 0.311 e. The van der Waals surface area contributed by atoms with Gasteiger partial charge in [0.15, 0.2) is 0 Å². The van der Waals surface area contributed by atoms with Crippen LogP contribution < -0.4 is 5.32 Å². The van der Waals surface area contributed by atoms with E-state index in [0.29, 0.717) is 24.9 Å². The first-order valence-corrected chi connectivity index (χ1v) is 8.10. The van der Waals surface area contributed by atoms with Gasteiger partial charge in [0.05, 0.1) is 11.5 Å². The molecule has 120 valence electrons. The SMILES string of the molecule is CCOC1CC(CC(=O)NC2CCCCC2(C)C(=O)O)C1. The summed E-state index contributed by atoms with van der Waals surface area (Å²) in [4.78, 5) is 23.6. The monoisotopic (exact) mass is 297 g/mol. The highest BCUT2D eigenvalue weighted by Crippen LogP contribution is 2.37. The molecule has 0 spiro atoms. The van der Waals surface area contributed by atoms with E-state index in [1.54, 1.807) is 6.92 Å². The number of carboxylic acids is 1. The first kappa shape index (κ1) is 16.3. The van der Waals surface area contributed by atoms with E-state index in [2.05, 4.69) is 5.32 Å². The lowest BCUT2D eigenvalue weighted by Gasteiger charge is -2.39. The maximum atomic E-state index is 12.1. The summed E-state index contributed by atoms with van der Waals surface area (Å²) in [5.41, 5.74) is -0.818. The van der Waals surface area contributed by atoms with E-state index >= 15 is 0 Å². The Labute approximate surface area is 126 Å². The van der Waals surface area contributed by atoms with Crippen molar-refractivity contribution in [3.63, 3.8) is 0 Å². The van der Waals surface area contributed by atoms with E-state index in [-0.39, 0.29) is 11.9 Å². The number of carbonyl (C=O) groups is 2. The van der Waals surface area contributed by atoms with Crippen LogP contribution in [0.5, 0.6) is 0 Å². The largest absolute Gasteiger partial charge is 0.481 e. The quantitative estimate of drug-likeness (QED) is 0.789. The van der Waals surface area contributed by atoms with Crippen molar-refractivity contribution in [2.24, 2.45) is 11.3 Å². The highest BCUT2D eigenvalue weighted by molar-refractivity contribution is 5.80. The van der Waals surface area contributed by atoms with Crippen molar-refractivity contribution < 1.29 is 19.4 Å². The fraction of sp³-hybridized carbons (Fsp3) is 0.875. The van der Waals surface area contributed by atoms with Gasteiger partial charge in [0.25, 0.3) is 0 Å². The Morgan fingerprint density at radius 3 is 2.67 bits per heavy atom. The van der Waals surface area contributed by atoms with Crippen molar-refractivity contribution in [3.05, 3.63) is 0 Å². The van der Waals surface area contributed by atoms with Crippen molar-refractivity contribution in [1.29, 1.82) is 0 Å². The van der Waals surface area contributed by atoms with Gasteiger partial charge in [-0.2, -0.15) is 0 Å². The minimum Gasteiger partial charge on any atom is -0.481 e. The summed E-state index contributed by atoms with van der Waals surface area (Å²) in [6.07, 6.45) is 6.02. The van der Waals surface area contributed by atoms with Gasteiger partial charge in [0.2, 0.25) is 5.91 Å². The Morgan fingerprint density at radius 1 is 1.33 bits per heavy atom. The molecule has 2 rings (SSSR count). The van der Waals surface area contributed by atoms with Crippen LogP contribution in [0.4, 0.5) is 0 Å². The summed E-state index contributed by atoms with van der Waals surface area (Å²) in [5.74, 6) is -0.414. The Balaban J connectivity index is 1.80. The van der Waals surface area contributed by atoms with E-state index in [1.807, 2.05) is 6.92 Å². The van der Waals surface area contributed by atoms with Crippen molar-refractivity contribution in [2.75, 3.05) is 6.61 Å². The molecule has 2 saturated carbocycles. The van der Waals surface area contributed by atoms with Gasteiger partial charge in [0, 0.05) is 19.1 Å². The Morgan fingerprint density at radius 2 is 2.05 bits per heavy atom. The van der Waals surface area contributed by atoms with Crippen LogP contribution in [-0.2, 0) is 14.3 Å². The van der Waals surface area contributed by atoms with E-state index < -0.39 is 11.4 Å². The second-order valence-electron chi connectivity index (χ2n) is 6.71. The third-order valence-corrected chi connectivity index (χ3v) is 5.10. The molecule has 2 aliphatic carbocycles. The lowest BCUT2D eigenvalue weighted by atomic mass is 9.71. The zero-order valence-corrected chi connectivity index (χ0v) is 13.1. The van der Waals surface area contributed by atoms with Gasteiger partial charge in [0.1, 0.15) is 0 Å². The number of nitrogens with one attached hydrogen (secondary N) is 1. The van der Waals surface area contributed by atoms with E-state index in [9.17, 15) is 14.7 Å². The van der Waals surface area contributed by atoms with Gasteiger partial charge in [-0.25, -0.2) is 0 Å². The van der Waals surface area contributed by atoms with Crippen LogP contribution >= 0.6 is 0 Å². The van der Waals surface area contributed by atoms with Gasteiger partial charge in [-0.15, -0.1) is 0 Å². The first-order chi connectivity index (χ1) is 9.95. The van der Waals surface area contributed by atoms with Crippen molar-refractivity contribution in [3.8, 4) is 0 Å². The molecule has 1 amide bonds. The van der Waals surface area contributed by atoms with Gasteiger partial charge < -0.3 is 15.2 Å². The molecule has 2 N–H and O–H groups in total. The minimum absolute atomic E-state index is 0.00526. The third kappa shape index (κ3) is 3.76. The number of hydrogen-bond acceptors (Lipinski definition) is 3. The molecule has 0 aromatic carbocycles. The number of ether oxygens (including phenoxy) is 1. The van der Waals surface area contributed by atoms with Gasteiger partial charge in [-0.1, -0.05) is 12.8 Å². The van der Waals surface area contributed by atoms with Crippen molar-refractivity contribution in [2.45, 2.75) is 70.9 Å². The molecule has 2 atom stereocenters. The fourth-order valence-electron chi connectivity index (χ4n) is 3.55. The van der Waals surface area contributed by atoms with E-state index in [4.69, 9.17) is 4.74 Å². The van der Waals surface area contributed by atoms with Crippen molar-refractivity contribution >= 4 is 11.9 Å². The van der Waals surface area contributed by atoms with Crippen molar-refractivity contribution in [1.82, 2.24) is 5.32 Å². The highest BCUT2D eigenvalue weighted by atomic mass is 16.5. The average Bonchev–Trinajstić information content (AvgIpc) is 2.39. The standard InChI is InChI=1S/C16H27NO4/c1-3-21-12-8-11(9-12)10-14(18)17-13-6-4-5-7-16(13,2)15(19)20/h11-13H,3-10H2,1-2H3,(H,17,18)(H,19,20). The zero-order chi connectivity index (χ0) is 15.5. The van der Waals surface area contributed by atoms with Crippen LogP contribution in [-0.4, -0.2) is 35.7 Å². The molecule has 0 saturated heterocycles. The summed E-state index contributed by atoms with van der Waals surface area (Å²) < 4.78 is 5.49. The summed E-state index contributed by atoms with van der Waals surface area (Å²) in [5, 5.41) is 12.4. The second-order valence-corrected chi connectivity index (χ2v) is 6.71. The number of rotatable bonds is 6. The molecule has 5 nitrogen and oxygen atoms in total. The molecule has 0 bridgehead atoms. The molecule has 0 aromatic rings. The van der Waals surface area contributed by atoms with Crippen LogP contribution in [0, 0.1) is 11.3 Å². The molecule has 0 heterocycles.